The van der Waals surface area contributed by atoms with E-state index in [0.717, 1.165) is 44.2 Å². The minimum absolute atomic E-state index is 0.0191. The van der Waals surface area contributed by atoms with Gasteiger partial charge in [-0.3, -0.25) is 9.59 Å². The zero-order valence-corrected chi connectivity index (χ0v) is 21.6. The summed E-state index contributed by atoms with van der Waals surface area (Å²) in [7, 11) is 2.21. The minimum atomic E-state index is -0.928. The molecule has 192 valence electrons. The second-order valence-corrected chi connectivity index (χ2v) is 11.3. The lowest BCUT2D eigenvalue weighted by Gasteiger charge is -2.45. The third-order valence-corrected chi connectivity index (χ3v) is 8.82. The molecular weight excluding hydrogens is 440 g/mol. The van der Waals surface area contributed by atoms with Crippen LogP contribution in [0, 0.1) is 0 Å². The van der Waals surface area contributed by atoms with Crippen LogP contribution >= 0.6 is 0 Å². The number of aromatic nitrogens is 1. The van der Waals surface area contributed by atoms with Crippen molar-refractivity contribution in [1.29, 1.82) is 0 Å². The molecule has 0 bridgehead atoms. The largest absolute Gasteiger partial charge is 0.463 e. The summed E-state index contributed by atoms with van der Waals surface area (Å²) < 4.78 is 7.58. The van der Waals surface area contributed by atoms with Gasteiger partial charge in [0.2, 0.25) is 5.91 Å². The molecule has 5 rings (SSSR count). The predicted molar refractivity (Wildman–Crippen MR) is 137 cm³/mol. The van der Waals surface area contributed by atoms with Crippen molar-refractivity contribution in [3.8, 4) is 0 Å². The molecular formula is C28H42N4O3. The van der Waals surface area contributed by atoms with E-state index in [4.69, 9.17) is 4.42 Å². The maximum absolute atomic E-state index is 13.9. The molecule has 3 aliphatic rings. The molecule has 0 spiro atoms. The Hall–Kier alpha value is -2.28. The van der Waals surface area contributed by atoms with E-state index in [0.29, 0.717) is 30.4 Å². The summed E-state index contributed by atoms with van der Waals surface area (Å²) in [6, 6.07) is 4.58. The number of hydrogen-bond acceptors (Lipinski definition) is 4. The van der Waals surface area contributed by atoms with E-state index in [2.05, 4.69) is 17.3 Å². The van der Waals surface area contributed by atoms with Crippen LogP contribution in [0.2, 0.25) is 0 Å². The van der Waals surface area contributed by atoms with Gasteiger partial charge in [-0.15, -0.1) is 0 Å². The van der Waals surface area contributed by atoms with E-state index in [-0.39, 0.29) is 17.9 Å². The molecule has 1 N–H and O–H groups in total. The Kier molecular flexibility index (Phi) is 7.24. The highest BCUT2D eigenvalue weighted by Gasteiger charge is 2.48. The van der Waals surface area contributed by atoms with Gasteiger partial charge in [-0.1, -0.05) is 44.9 Å². The van der Waals surface area contributed by atoms with E-state index in [1.54, 1.807) is 6.26 Å². The molecule has 1 atom stereocenters. The molecule has 0 radical (unpaired) electrons. The van der Waals surface area contributed by atoms with Crippen LogP contribution in [0.3, 0.4) is 0 Å². The molecule has 35 heavy (non-hydrogen) atoms. The van der Waals surface area contributed by atoms with Crippen molar-refractivity contribution >= 4 is 22.9 Å². The predicted octanol–water partition coefficient (Wildman–Crippen LogP) is 4.94. The Bertz CT molecular complexity index is 1030. The fraction of sp³-hybridized carbons (Fsp3) is 0.714. The fourth-order valence-corrected chi connectivity index (χ4v) is 6.57. The van der Waals surface area contributed by atoms with E-state index in [1.807, 2.05) is 28.5 Å². The van der Waals surface area contributed by atoms with E-state index in [9.17, 15) is 9.59 Å². The summed E-state index contributed by atoms with van der Waals surface area (Å²) in [4.78, 5) is 32.0. The first-order valence-corrected chi connectivity index (χ1v) is 13.9. The van der Waals surface area contributed by atoms with Crippen molar-refractivity contribution in [2.24, 2.45) is 0 Å². The lowest BCUT2D eigenvalue weighted by Crippen LogP contribution is -2.65. The third-order valence-electron chi connectivity index (χ3n) is 8.82. The van der Waals surface area contributed by atoms with Gasteiger partial charge in [-0.25, -0.2) is 0 Å². The average Bonchev–Trinajstić information content (AvgIpc) is 3.36. The van der Waals surface area contributed by atoms with Crippen LogP contribution in [0.5, 0.6) is 0 Å². The molecule has 2 aromatic rings. The number of amides is 2. The Morgan fingerprint density at radius 3 is 2.54 bits per heavy atom. The van der Waals surface area contributed by atoms with Crippen molar-refractivity contribution in [2.75, 3.05) is 20.1 Å². The second kappa shape index (κ2) is 10.4. The fourth-order valence-electron chi connectivity index (χ4n) is 6.57. The maximum Gasteiger partial charge on any atom is 0.271 e. The first-order valence-electron chi connectivity index (χ1n) is 13.9. The second-order valence-electron chi connectivity index (χ2n) is 11.3. The molecule has 1 aliphatic heterocycles. The van der Waals surface area contributed by atoms with E-state index < -0.39 is 5.54 Å². The van der Waals surface area contributed by atoms with Crippen LogP contribution in [0.25, 0.3) is 11.1 Å². The minimum Gasteiger partial charge on any atom is -0.463 e. The lowest BCUT2D eigenvalue weighted by atomic mass is 9.93. The molecule has 2 aliphatic carbocycles. The van der Waals surface area contributed by atoms with Crippen molar-refractivity contribution in [1.82, 2.24) is 19.7 Å². The Morgan fingerprint density at radius 2 is 1.80 bits per heavy atom. The molecule has 2 fully saturated rings. The van der Waals surface area contributed by atoms with Crippen LogP contribution in [0.4, 0.5) is 0 Å². The van der Waals surface area contributed by atoms with Crippen LogP contribution < -0.4 is 5.32 Å². The first-order chi connectivity index (χ1) is 17.0. The molecule has 0 saturated heterocycles. The quantitative estimate of drug-likeness (QED) is 0.568. The lowest BCUT2D eigenvalue weighted by molar-refractivity contribution is -0.133. The van der Waals surface area contributed by atoms with Crippen molar-refractivity contribution in [3.63, 3.8) is 0 Å². The summed E-state index contributed by atoms with van der Waals surface area (Å²) in [5.74, 6) is -0.0872. The summed E-state index contributed by atoms with van der Waals surface area (Å²) >= 11 is 0. The normalized spacial score (nSPS) is 24.7. The number of fused-ring (bicyclic) bond motifs is 3. The molecule has 0 aromatic carbocycles. The Morgan fingerprint density at radius 1 is 1.11 bits per heavy atom. The first kappa shape index (κ1) is 24.4. The van der Waals surface area contributed by atoms with Gasteiger partial charge in [0.15, 0.2) is 5.58 Å². The van der Waals surface area contributed by atoms with Gasteiger partial charge >= 0.3 is 0 Å². The number of nitrogens with one attached hydrogen (secondary N) is 1. The summed E-state index contributed by atoms with van der Waals surface area (Å²) in [6.45, 7) is 3.93. The van der Waals surface area contributed by atoms with Gasteiger partial charge in [0.05, 0.1) is 18.3 Å². The van der Waals surface area contributed by atoms with Crippen molar-refractivity contribution in [2.45, 2.75) is 108 Å². The van der Waals surface area contributed by atoms with Crippen LogP contribution in [-0.2, 0) is 11.3 Å². The SMILES string of the molecule is CN(CCCN1C(=O)c2cc3occc3n2C[C@@]1(C)C(=O)NC1CCCCCC1)C1CCCCC1. The van der Waals surface area contributed by atoms with E-state index >= 15 is 0 Å². The number of carbonyl (C=O) groups is 2. The van der Waals surface area contributed by atoms with Gasteiger partial charge < -0.3 is 24.1 Å². The molecule has 3 heterocycles. The zero-order chi connectivity index (χ0) is 24.4. The van der Waals surface area contributed by atoms with Gasteiger partial charge in [0, 0.05) is 30.8 Å². The molecule has 2 amide bonds. The van der Waals surface area contributed by atoms with Gasteiger partial charge in [0.1, 0.15) is 11.2 Å². The number of hydrogen-bond donors (Lipinski definition) is 1. The highest BCUT2D eigenvalue weighted by Crippen LogP contribution is 2.33. The maximum atomic E-state index is 13.9. The molecule has 7 nitrogen and oxygen atoms in total. The van der Waals surface area contributed by atoms with Crippen LogP contribution in [-0.4, -0.2) is 63.9 Å². The molecule has 0 unspecified atom stereocenters. The Labute approximate surface area is 209 Å². The molecule has 7 heteroatoms. The monoisotopic (exact) mass is 482 g/mol. The highest BCUT2D eigenvalue weighted by molar-refractivity contribution is 6.02. The molecule has 2 aromatic heterocycles. The number of furan rings is 1. The third kappa shape index (κ3) is 4.89. The summed E-state index contributed by atoms with van der Waals surface area (Å²) in [5.41, 5.74) is 1.29. The smallest absolute Gasteiger partial charge is 0.271 e. The number of carbonyl (C=O) groups excluding carboxylic acids is 2. The number of rotatable bonds is 7. The van der Waals surface area contributed by atoms with Gasteiger partial charge in [-0.05, 0) is 52.6 Å². The van der Waals surface area contributed by atoms with Crippen LogP contribution in [0.1, 0.15) is 94.5 Å². The molecule has 2 saturated carbocycles. The van der Waals surface area contributed by atoms with Crippen molar-refractivity contribution < 1.29 is 14.0 Å². The average molecular weight is 483 g/mol. The standard InChI is InChI=1S/C28H42N4O3/c1-28(27(34)29-21-11-6-3-4-7-12-21)20-31-23-15-18-35-25(23)19-24(31)26(33)32(28)17-10-16-30(2)22-13-8-5-9-14-22/h15,18-19,21-22H,3-14,16-17,20H2,1-2H3,(H,29,34)/t28-/m0/s1. The van der Waals surface area contributed by atoms with E-state index in [1.165, 1.54) is 44.9 Å². The van der Waals surface area contributed by atoms with Gasteiger partial charge in [0.25, 0.3) is 5.91 Å². The summed E-state index contributed by atoms with van der Waals surface area (Å²) in [5, 5.41) is 3.36. The van der Waals surface area contributed by atoms with Crippen LogP contribution in [0.15, 0.2) is 22.8 Å². The summed E-state index contributed by atoms with van der Waals surface area (Å²) in [6.07, 6.45) is 15.9. The topological polar surface area (TPSA) is 70.7 Å². The zero-order valence-electron chi connectivity index (χ0n) is 21.6. The van der Waals surface area contributed by atoms with Crippen molar-refractivity contribution in [3.05, 3.63) is 24.1 Å². The Balaban J connectivity index is 1.35. The highest BCUT2D eigenvalue weighted by atomic mass is 16.3. The number of nitrogens with zero attached hydrogens (tertiary/aromatic N) is 3. The van der Waals surface area contributed by atoms with Gasteiger partial charge in [-0.2, -0.15) is 0 Å².